The molecular formula is C26H25N5O5S. The molecule has 1 N–H and O–H groups in total. The molecule has 0 fully saturated rings. The molecule has 0 aliphatic rings. The molecule has 0 bridgehead atoms. The fraction of sp³-hybridized carbons (Fsp3) is 0.192. The number of hydrogen-bond acceptors (Lipinski definition) is 7. The second-order valence-corrected chi connectivity index (χ2v) is 10.4. The normalized spacial score (nSPS) is 11.7. The largest absolute Gasteiger partial charge is 0.497 e. The lowest BCUT2D eigenvalue weighted by atomic mass is 10.0. The Hall–Kier alpha value is -4.38. The fourth-order valence-corrected chi connectivity index (χ4v) is 4.94. The summed E-state index contributed by atoms with van der Waals surface area (Å²) in [6.07, 6.45) is 4.38. The van der Waals surface area contributed by atoms with Crippen molar-refractivity contribution in [1.82, 2.24) is 19.1 Å². The standard InChI is InChI=1S/C26H25N5O5S/c1-30-24-20-11-17(18-12-22(29-37(4,33)34)25(36-3)28-13-18)7-10-21(20)27-14-23(24)31(26(30)32)15-16-5-8-19(35-2)9-6-16/h5-14,29H,15H2,1-4H3. The van der Waals surface area contributed by atoms with Gasteiger partial charge in [0, 0.05) is 24.2 Å². The molecule has 10 nitrogen and oxygen atoms in total. The van der Waals surface area contributed by atoms with Crippen LogP contribution in [0.1, 0.15) is 5.56 Å². The predicted molar refractivity (Wildman–Crippen MR) is 143 cm³/mol. The van der Waals surface area contributed by atoms with E-state index < -0.39 is 10.0 Å². The molecule has 0 unspecified atom stereocenters. The van der Waals surface area contributed by atoms with E-state index in [2.05, 4.69) is 14.7 Å². The third kappa shape index (κ3) is 4.60. The Balaban J connectivity index is 1.64. The van der Waals surface area contributed by atoms with Crippen LogP contribution in [0, 0.1) is 0 Å². The number of sulfonamides is 1. The van der Waals surface area contributed by atoms with E-state index in [1.165, 1.54) is 7.11 Å². The third-order valence-electron chi connectivity index (χ3n) is 6.14. The number of rotatable bonds is 7. The minimum Gasteiger partial charge on any atom is -0.497 e. The van der Waals surface area contributed by atoms with Crippen molar-refractivity contribution in [2.24, 2.45) is 7.05 Å². The molecule has 0 aliphatic heterocycles. The van der Waals surface area contributed by atoms with E-state index in [-0.39, 0.29) is 17.3 Å². The molecular weight excluding hydrogens is 494 g/mol. The van der Waals surface area contributed by atoms with Crippen molar-refractivity contribution in [3.63, 3.8) is 0 Å². The summed E-state index contributed by atoms with van der Waals surface area (Å²) in [7, 11) is 1.24. The number of pyridine rings is 2. The van der Waals surface area contributed by atoms with E-state index in [4.69, 9.17) is 9.47 Å². The van der Waals surface area contributed by atoms with Gasteiger partial charge in [-0.1, -0.05) is 18.2 Å². The minimum atomic E-state index is -3.54. The Labute approximate surface area is 213 Å². The maximum absolute atomic E-state index is 13.2. The molecule has 0 saturated heterocycles. The van der Waals surface area contributed by atoms with E-state index in [9.17, 15) is 13.2 Å². The lowest BCUT2D eigenvalue weighted by Gasteiger charge is -2.11. The number of benzene rings is 2. The molecule has 0 atom stereocenters. The highest BCUT2D eigenvalue weighted by Crippen LogP contribution is 2.32. The molecule has 0 radical (unpaired) electrons. The number of aryl methyl sites for hydroxylation is 1. The number of ether oxygens (including phenoxy) is 2. The van der Waals surface area contributed by atoms with Crippen LogP contribution in [0.2, 0.25) is 0 Å². The van der Waals surface area contributed by atoms with Crippen LogP contribution in [0.5, 0.6) is 11.6 Å². The number of anilines is 1. The lowest BCUT2D eigenvalue weighted by molar-refractivity contribution is 0.400. The molecule has 3 aromatic heterocycles. The summed E-state index contributed by atoms with van der Waals surface area (Å²) in [6, 6.07) is 14.9. The Bertz CT molecular complexity index is 1810. The molecule has 0 saturated carbocycles. The second kappa shape index (κ2) is 9.25. The zero-order chi connectivity index (χ0) is 26.3. The summed E-state index contributed by atoms with van der Waals surface area (Å²) in [5, 5.41) is 0.788. The zero-order valence-corrected chi connectivity index (χ0v) is 21.5. The topological polar surface area (TPSA) is 117 Å². The number of nitrogens with zero attached hydrogens (tertiary/aromatic N) is 4. The van der Waals surface area contributed by atoms with Gasteiger partial charge in [-0.05, 0) is 41.5 Å². The van der Waals surface area contributed by atoms with Gasteiger partial charge in [-0.2, -0.15) is 0 Å². The van der Waals surface area contributed by atoms with Crippen molar-refractivity contribution in [3.05, 3.63) is 77.0 Å². The van der Waals surface area contributed by atoms with E-state index in [1.807, 2.05) is 42.5 Å². The van der Waals surface area contributed by atoms with Crippen molar-refractivity contribution in [2.75, 3.05) is 25.2 Å². The van der Waals surface area contributed by atoms with Gasteiger partial charge in [0.25, 0.3) is 0 Å². The van der Waals surface area contributed by atoms with Gasteiger partial charge < -0.3 is 9.47 Å². The Morgan fingerprint density at radius 3 is 2.38 bits per heavy atom. The molecule has 2 aromatic carbocycles. The Morgan fingerprint density at radius 2 is 1.70 bits per heavy atom. The van der Waals surface area contributed by atoms with E-state index in [0.717, 1.165) is 39.6 Å². The number of hydrogen-bond donors (Lipinski definition) is 1. The Kier molecular flexibility index (Phi) is 6.08. The number of imidazole rings is 1. The summed E-state index contributed by atoms with van der Waals surface area (Å²) in [5.74, 6) is 0.911. The van der Waals surface area contributed by atoms with E-state index in [1.54, 1.807) is 41.8 Å². The molecule has 5 rings (SSSR count). The fourth-order valence-electron chi connectivity index (χ4n) is 4.39. The van der Waals surface area contributed by atoms with E-state index >= 15 is 0 Å². The van der Waals surface area contributed by atoms with Gasteiger partial charge in [0.1, 0.15) is 11.4 Å². The lowest BCUT2D eigenvalue weighted by Crippen LogP contribution is -2.22. The second-order valence-electron chi connectivity index (χ2n) is 8.65. The SMILES string of the molecule is COc1ccc(Cn2c(=O)n(C)c3c4cc(-c5cnc(OC)c(NS(C)(=O)=O)c5)ccc4ncc32)cc1. The molecule has 5 aromatic rings. The summed E-state index contributed by atoms with van der Waals surface area (Å²) in [6.45, 7) is 0.385. The predicted octanol–water partition coefficient (Wildman–Crippen LogP) is 3.39. The average Bonchev–Trinajstić information content (AvgIpc) is 3.13. The smallest absolute Gasteiger partial charge is 0.329 e. The molecule has 3 heterocycles. The molecule has 190 valence electrons. The third-order valence-corrected chi connectivity index (χ3v) is 6.73. The van der Waals surface area contributed by atoms with Gasteiger partial charge in [0.05, 0.1) is 49.8 Å². The molecule has 11 heteroatoms. The molecule has 0 spiro atoms. The van der Waals surface area contributed by atoms with Crippen LogP contribution in [0.3, 0.4) is 0 Å². The van der Waals surface area contributed by atoms with Gasteiger partial charge >= 0.3 is 5.69 Å². The monoisotopic (exact) mass is 519 g/mol. The maximum atomic E-state index is 13.2. The van der Waals surface area contributed by atoms with Crippen molar-refractivity contribution >= 4 is 37.6 Å². The average molecular weight is 520 g/mol. The molecule has 0 aliphatic carbocycles. The highest BCUT2D eigenvalue weighted by Gasteiger charge is 2.17. The van der Waals surface area contributed by atoms with Crippen LogP contribution < -0.4 is 19.9 Å². The zero-order valence-electron chi connectivity index (χ0n) is 20.7. The van der Waals surface area contributed by atoms with Crippen LogP contribution in [-0.4, -0.2) is 48.0 Å². The first-order valence-corrected chi connectivity index (χ1v) is 13.2. The number of nitrogens with one attached hydrogen (secondary N) is 1. The molecule has 0 amide bonds. The molecule has 37 heavy (non-hydrogen) atoms. The number of fused-ring (bicyclic) bond motifs is 3. The van der Waals surface area contributed by atoms with Gasteiger partial charge in [-0.3, -0.25) is 18.8 Å². The summed E-state index contributed by atoms with van der Waals surface area (Å²) in [5.41, 5.74) is 4.68. The maximum Gasteiger partial charge on any atom is 0.329 e. The quantitative estimate of drug-likeness (QED) is 0.350. The van der Waals surface area contributed by atoms with Gasteiger partial charge in [0.15, 0.2) is 0 Å². The van der Waals surface area contributed by atoms with Crippen LogP contribution in [0.4, 0.5) is 5.69 Å². The van der Waals surface area contributed by atoms with Crippen LogP contribution in [-0.2, 0) is 23.6 Å². The highest BCUT2D eigenvalue weighted by atomic mass is 32.2. The van der Waals surface area contributed by atoms with Crippen LogP contribution >= 0.6 is 0 Å². The van der Waals surface area contributed by atoms with Crippen molar-refractivity contribution < 1.29 is 17.9 Å². The highest BCUT2D eigenvalue weighted by molar-refractivity contribution is 7.92. The van der Waals surface area contributed by atoms with Gasteiger partial charge in [-0.25, -0.2) is 18.2 Å². The van der Waals surface area contributed by atoms with Crippen molar-refractivity contribution in [1.29, 1.82) is 0 Å². The first-order valence-electron chi connectivity index (χ1n) is 11.3. The summed E-state index contributed by atoms with van der Waals surface area (Å²) in [4.78, 5) is 22.1. The first-order chi connectivity index (χ1) is 17.7. The van der Waals surface area contributed by atoms with E-state index in [0.29, 0.717) is 17.6 Å². The van der Waals surface area contributed by atoms with Crippen LogP contribution in [0.15, 0.2) is 65.7 Å². The summed E-state index contributed by atoms with van der Waals surface area (Å²) < 4.78 is 39.9. The summed E-state index contributed by atoms with van der Waals surface area (Å²) >= 11 is 0. The van der Waals surface area contributed by atoms with Crippen molar-refractivity contribution in [2.45, 2.75) is 6.54 Å². The number of methoxy groups -OCH3 is 2. The number of aromatic nitrogens is 4. The Morgan fingerprint density at radius 1 is 0.946 bits per heavy atom. The van der Waals surface area contributed by atoms with Crippen molar-refractivity contribution in [3.8, 4) is 22.8 Å². The van der Waals surface area contributed by atoms with Gasteiger partial charge in [-0.15, -0.1) is 0 Å². The minimum absolute atomic E-state index is 0.156. The van der Waals surface area contributed by atoms with Gasteiger partial charge in [0.2, 0.25) is 15.9 Å². The van der Waals surface area contributed by atoms with Crippen LogP contribution in [0.25, 0.3) is 33.1 Å². The first kappa shape index (κ1) is 24.3.